The van der Waals surface area contributed by atoms with E-state index in [1.165, 1.54) is 0 Å². The maximum atomic E-state index is 13.4. The van der Waals surface area contributed by atoms with Gasteiger partial charge in [-0.25, -0.2) is 9.59 Å². The summed E-state index contributed by atoms with van der Waals surface area (Å²) in [6.07, 6.45) is 0. The second-order valence-electron chi connectivity index (χ2n) is 8.77. The van der Waals surface area contributed by atoms with Crippen LogP contribution in [0.25, 0.3) is 0 Å². The van der Waals surface area contributed by atoms with Gasteiger partial charge in [0.25, 0.3) is 0 Å². The zero-order valence-electron chi connectivity index (χ0n) is 22.6. The summed E-state index contributed by atoms with van der Waals surface area (Å²) in [4.78, 5) is 49.6. The average molecular weight is 553 g/mol. The Morgan fingerprint density at radius 3 is 1.35 bits per heavy atom. The van der Waals surface area contributed by atoms with Crippen LogP contribution in [0.15, 0.2) is 60.7 Å². The molecule has 0 fully saturated rings. The molecule has 10 heteroatoms. The van der Waals surface area contributed by atoms with Crippen LogP contribution in [-0.2, 0) is 28.5 Å². The van der Waals surface area contributed by atoms with Crippen molar-refractivity contribution >= 4 is 23.5 Å². The third kappa shape index (κ3) is 7.87. The van der Waals surface area contributed by atoms with Crippen LogP contribution in [0, 0.1) is 0 Å². The third-order valence-corrected chi connectivity index (χ3v) is 5.59. The van der Waals surface area contributed by atoms with Crippen LogP contribution in [0.4, 0.5) is 0 Å². The van der Waals surface area contributed by atoms with Gasteiger partial charge in [0.15, 0.2) is 11.6 Å². The minimum Gasteiger partial charge on any atom is -0.490 e. The monoisotopic (exact) mass is 552 g/mol. The molecule has 2 aromatic rings. The fourth-order valence-corrected chi connectivity index (χ4v) is 3.66. The largest absolute Gasteiger partial charge is 0.490 e. The predicted molar refractivity (Wildman–Crippen MR) is 144 cm³/mol. The SMILES string of the molecule is C=C(C)C(=O)OCCOCCOc1ccc(OCCOCCOC(=O)C(=C)C)c2c1C(=O)c1ccccc1C2=O. The van der Waals surface area contributed by atoms with E-state index in [0.717, 1.165) is 0 Å². The standard InChI is InChI=1S/C30H32O10/c1-19(2)29(33)39-17-13-35-11-15-37-23-9-10-24(38-16-12-36-14-18-40-30(34)20(3)4)26-25(23)27(31)21-7-5-6-8-22(21)28(26)32/h5-10H,1,3,11-18H2,2,4H3. The van der Waals surface area contributed by atoms with E-state index < -0.39 is 11.9 Å². The van der Waals surface area contributed by atoms with Gasteiger partial charge in [-0.2, -0.15) is 0 Å². The van der Waals surface area contributed by atoms with Crippen LogP contribution in [0.5, 0.6) is 11.5 Å². The molecule has 0 N–H and O–H groups in total. The lowest BCUT2D eigenvalue weighted by atomic mass is 9.83. The van der Waals surface area contributed by atoms with Gasteiger partial charge in [0.2, 0.25) is 0 Å². The van der Waals surface area contributed by atoms with Gasteiger partial charge in [0.1, 0.15) is 37.9 Å². The van der Waals surface area contributed by atoms with E-state index in [1.807, 2.05) is 0 Å². The summed E-state index contributed by atoms with van der Waals surface area (Å²) in [6.45, 7) is 11.1. The molecule has 0 amide bonds. The summed E-state index contributed by atoms with van der Waals surface area (Å²) in [5.41, 5.74) is 1.40. The van der Waals surface area contributed by atoms with Crippen molar-refractivity contribution in [3.05, 3.63) is 83.0 Å². The van der Waals surface area contributed by atoms with E-state index in [4.69, 9.17) is 28.4 Å². The molecule has 0 aromatic heterocycles. The minimum atomic E-state index is -0.493. The van der Waals surface area contributed by atoms with Crippen LogP contribution in [-0.4, -0.2) is 76.4 Å². The minimum absolute atomic E-state index is 0.0697. The number of ether oxygens (including phenoxy) is 6. The highest BCUT2D eigenvalue weighted by atomic mass is 16.6. The first kappa shape index (κ1) is 30.3. The molecule has 0 bridgehead atoms. The third-order valence-electron chi connectivity index (χ3n) is 5.59. The van der Waals surface area contributed by atoms with Crippen LogP contribution in [0.3, 0.4) is 0 Å². The van der Waals surface area contributed by atoms with Gasteiger partial charge < -0.3 is 28.4 Å². The maximum Gasteiger partial charge on any atom is 0.333 e. The van der Waals surface area contributed by atoms with Crippen molar-refractivity contribution in [3.63, 3.8) is 0 Å². The van der Waals surface area contributed by atoms with E-state index in [1.54, 1.807) is 50.2 Å². The molecule has 0 atom stereocenters. The second-order valence-corrected chi connectivity index (χ2v) is 8.77. The summed E-state index contributed by atoms with van der Waals surface area (Å²) >= 11 is 0. The van der Waals surface area contributed by atoms with Gasteiger partial charge in [0.05, 0.1) is 37.6 Å². The van der Waals surface area contributed by atoms with Crippen molar-refractivity contribution < 1.29 is 47.6 Å². The Balaban J connectivity index is 1.62. The molecule has 0 saturated heterocycles. The van der Waals surface area contributed by atoms with Crippen LogP contribution >= 0.6 is 0 Å². The highest BCUT2D eigenvalue weighted by molar-refractivity contribution is 6.30. The lowest BCUT2D eigenvalue weighted by molar-refractivity contribution is -0.141. The molecule has 0 saturated carbocycles. The van der Waals surface area contributed by atoms with Crippen molar-refractivity contribution in [2.45, 2.75) is 13.8 Å². The number of carbonyl (C=O) groups is 4. The van der Waals surface area contributed by atoms with E-state index in [-0.39, 0.29) is 98.2 Å². The molecule has 2 aromatic carbocycles. The molecule has 0 aliphatic heterocycles. The summed E-state index contributed by atoms with van der Waals surface area (Å²) in [6, 6.07) is 9.71. The Morgan fingerprint density at radius 2 is 0.975 bits per heavy atom. The Labute approximate surface area is 232 Å². The van der Waals surface area contributed by atoms with Gasteiger partial charge in [-0.3, -0.25) is 9.59 Å². The highest BCUT2D eigenvalue weighted by Crippen LogP contribution is 2.38. The van der Waals surface area contributed by atoms with Gasteiger partial charge in [-0.15, -0.1) is 0 Å². The maximum absolute atomic E-state index is 13.4. The topological polar surface area (TPSA) is 124 Å². The number of carbonyl (C=O) groups excluding carboxylic acids is 4. The van der Waals surface area contributed by atoms with E-state index in [9.17, 15) is 19.2 Å². The Morgan fingerprint density at radius 1 is 0.600 bits per heavy atom. The number of ketones is 2. The van der Waals surface area contributed by atoms with Crippen molar-refractivity contribution in [1.29, 1.82) is 0 Å². The number of benzene rings is 2. The Kier molecular flexibility index (Phi) is 11.2. The van der Waals surface area contributed by atoms with E-state index in [0.29, 0.717) is 11.1 Å². The number of fused-ring (bicyclic) bond motifs is 2. The summed E-state index contributed by atoms with van der Waals surface area (Å²) in [5, 5.41) is 0. The predicted octanol–water partition coefficient (Wildman–Crippen LogP) is 3.49. The summed E-state index contributed by atoms with van der Waals surface area (Å²) in [5.74, 6) is -1.24. The number of hydrogen-bond acceptors (Lipinski definition) is 10. The average Bonchev–Trinajstić information content (AvgIpc) is 2.94. The van der Waals surface area contributed by atoms with Crippen molar-refractivity contribution in [3.8, 4) is 11.5 Å². The van der Waals surface area contributed by atoms with E-state index in [2.05, 4.69) is 13.2 Å². The normalized spacial score (nSPS) is 11.8. The van der Waals surface area contributed by atoms with Crippen molar-refractivity contribution in [2.75, 3.05) is 52.9 Å². The fraction of sp³-hybridized carbons (Fsp3) is 0.333. The number of rotatable bonds is 16. The molecule has 212 valence electrons. The first-order chi connectivity index (χ1) is 19.2. The van der Waals surface area contributed by atoms with Gasteiger partial charge in [0, 0.05) is 22.3 Å². The molecule has 1 aliphatic carbocycles. The van der Waals surface area contributed by atoms with Crippen LogP contribution < -0.4 is 9.47 Å². The van der Waals surface area contributed by atoms with Gasteiger partial charge in [-0.1, -0.05) is 37.4 Å². The first-order valence-corrected chi connectivity index (χ1v) is 12.6. The molecule has 10 nitrogen and oxygen atoms in total. The first-order valence-electron chi connectivity index (χ1n) is 12.6. The van der Waals surface area contributed by atoms with Crippen molar-refractivity contribution in [2.24, 2.45) is 0 Å². The second kappa shape index (κ2) is 14.8. The molecule has 0 heterocycles. The highest BCUT2D eigenvalue weighted by Gasteiger charge is 2.35. The quantitative estimate of drug-likeness (QED) is 0.148. The molecule has 3 rings (SSSR count). The van der Waals surface area contributed by atoms with Crippen LogP contribution in [0.2, 0.25) is 0 Å². The summed E-state index contributed by atoms with van der Waals surface area (Å²) in [7, 11) is 0. The number of hydrogen-bond donors (Lipinski definition) is 0. The molecular weight excluding hydrogens is 520 g/mol. The Hall–Kier alpha value is -4.28. The molecule has 0 spiro atoms. The smallest absolute Gasteiger partial charge is 0.333 e. The molecule has 1 aliphatic rings. The molecule has 0 unspecified atom stereocenters. The zero-order chi connectivity index (χ0) is 29.1. The zero-order valence-corrected chi connectivity index (χ0v) is 22.6. The number of esters is 2. The molecule has 40 heavy (non-hydrogen) atoms. The fourth-order valence-electron chi connectivity index (χ4n) is 3.66. The lowest BCUT2D eigenvalue weighted by Gasteiger charge is -2.23. The van der Waals surface area contributed by atoms with Gasteiger partial charge >= 0.3 is 11.9 Å². The molecule has 0 radical (unpaired) electrons. The van der Waals surface area contributed by atoms with Crippen LogP contribution in [0.1, 0.15) is 45.7 Å². The van der Waals surface area contributed by atoms with Crippen molar-refractivity contribution in [1.82, 2.24) is 0 Å². The Bertz CT molecular complexity index is 1200. The summed E-state index contributed by atoms with van der Waals surface area (Å²) < 4.78 is 32.4. The van der Waals surface area contributed by atoms with Gasteiger partial charge in [-0.05, 0) is 26.0 Å². The lowest BCUT2D eigenvalue weighted by Crippen LogP contribution is -2.24. The molecular formula is C30H32O10. The van der Waals surface area contributed by atoms with E-state index >= 15 is 0 Å².